The Morgan fingerprint density at radius 2 is 2.13 bits per heavy atom. The Hall–Kier alpha value is -2.41. The molecule has 2 aromatic rings. The number of carbonyl (C=O) groups excluding carboxylic acids is 1. The molecule has 0 unspecified atom stereocenters. The number of benzene rings is 1. The molecule has 0 saturated carbocycles. The number of methoxy groups -OCH3 is 1. The van der Waals surface area contributed by atoms with E-state index < -0.39 is 6.04 Å². The summed E-state index contributed by atoms with van der Waals surface area (Å²) in [5, 5.41) is 5.65. The van der Waals surface area contributed by atoms with Crippen molar-refractivity contribution in [1.82, 2.24) is 20.2 Å². The molecule has 0 fully saturated rings. The Kier molecular flexibility index (Phi) is 6.10. The second kappa shape index (κ2) is 8.28. The fourth-order valence-corrected chi connectivity index (χ4v) is 2.21. The molecular formula is C16H21FN4O2. The molecule has 1 aromatic heterocycles. The van der Waals surface area contributed by atoms with Crippen LogP contribution in [0, 0.1) is 5.82 Å². The Bertz CT molecular complexity index is 627. The Morgan fingerprint density at radius 3 is 2.74 bits per heavy atom. The quantitative estimate of drug-likeness (QED) is 0.767. The van der Waals surface area contributed by atoms with Gasteiger partial charge in [0.05, 0.1) is 0 Å². The topological polar surface area (TPSA) is 68.2 Å². The van der Waals surface area contributed by atoms with Gasteiger partial charge in [0.2, 0.25) is 0 Å². The number of aromatic nitrogens is 2. The number of nitrogens with one attached hydrogen (secondary N) is 2. The first-order valence-corrected chi connectivity index (χ1v) is 7.38. The average Bonchev–Trinajstić information content (AvgIpc) is 2.96. The molecule has 0 aliphatic rings. The fourth-order valence-electron chi connectivity index (χ4n) is 2.21. The highest BCUT2D eigenvalue weighted by Crippen LogP contribution is 2.20. The third-order valence-corrected chi connectivity index (χ3v) is 3.41. The van der Waals surface area contributed by atoms with Crippen LogP contribution in [0.25, 0.3) is 0 Å². The van der Waals surface area contributed by atoms with Gasteiger partial charge in [-0.05, 0) is 24.1 Å². The first-order valence-electron chi connectivity index (χ1n) is 7.38. The van der Waals surface area contributed by atoms with Crippen molar-refractivity contribution >= 4 is 6.03 Å². The predicted molar refractivity (Wildman–Crippen MR) is 84.5 cm³/mol. The SMILES string of the molecule is COCCCNC(=O)N[C@H](c1ccc(F)cc1)c1nccn1C. The van der Waals surface area contributed by atoms with Crippen molar-refractivity contribution in [3.8, 4) is 0 Å². The van der Waals surface area contributed by atoms with E-state index in [4.69, 9.17) is 4.74 Å². The molecule has 2 N–H and O–H groups in total. The zero-order valence-electron chi connectivity index (χ0n) is 13.3. The zero-order valence-corrected chi connectivity index (χ0v) is 13.3. The van der Waals surface area contributed by atoms with Crippen LogP contribution in [-0.2, 0) is 11.8 Å². The van der Waals surface area contributed by atoms with E-state index in [1.807, 2.05) is 11.6 Å². The second-order valence-corrected chi connectivity index (χ2v) is 5.13. The smallest absolute Gasteiger partial charge is 0.315 e. The number of aryl methyl sites for hydroxylation is 1. The molecule has 1 aromatic carbocycles. The molecule has 7 heteroatoms. The maximum Gasteiger partial charge on any atom is 0.315 e. The molecule has 124 valence electrons. The Morgan fingerprint density at radius 1 is 1.39 bits per heavy atom. The minimum Gasteiger partial charge on any atom is -0.385 e. The van der Waals surface area contributed by atoms with Crippen molar-refractivity contribution in [3.05, 3.63) is 53.9 Å². The highest BCUT2D eigenvalue weighted by Gasteiger charge is 2.20. The minimum absolute atomic E-state index is 0.307. The molecule has 2 amide bonds. The summed E-state index contributed by atoms with van der Waals surface area (Å²) in [5.41, 5.74) is 0.757. The molecule has 1 heterocycles. The molecule has 0 aliphatic carbocycles. The summed E-state index contributed by atoms with van der Waals surface area (Å²) in [6.45, 7) is 1.09. The van der Waals surface area contributed by atoms with Crippen LogP contribution < -0.4 is 10.6 Å². The highest BCUT2D eigenvalue weighted by molar-refractivity contribution is 5.74. The van der Waals surface area contributed by atoms with E-state index in [1.165, 1.54) is 12.1 Å². The number of rotatable bonds is 7. The first kappa shape index (κ1) is 17.0. The van der Waals surface area contributed by atoms with Gasteiger partial charge in [-0.3, -0.25) is 0 Å². The number of carbonyl (C=O) groups is 1. The maximum atomic E-state index is 13.1. The van der Waals surface area contributed by atoms with Gasteiger partial charge < -0.3 is 19.9 Å². The van der Waals surface area contributed by atoms with E-state index >= 15 is 0 Å². The number of hydrogen-bond acceptors (Lipinski definition) is 3. The summed E-state index contributed by atoms with van der Waals surface area (Å²) in [6, 6.07) is 5.24. The van der Waals surface area contributed by atoms with Crippen molar-refractivity contribution in [2.45, 2.75) is 12.5 Å². The normalized spacial score (nSPS) is 12.0. The number of amides is 2. The van der Waals surface area contributed by atoms with Crippen LogP contribution >= 0.6 is 0 Å². The van der Waals surface area contributed by atoms with E-state index in [0.29, 0.717) is 19.0 Å². The van der Waals surface area contributed by atoms with Crippen LogP contribution in [0.3, 0.4) is 0 Å². The van der Waals surface area contributed by atoms with Gasteiger partial charge in [0.25, 0.3) is 0 Å². The molecular weight excluding hydrogens is 299 g/mol. The van der Waals surface area contributed by atoms with Gasteiger partial charge in [-0.2, -0.15) is 0 Å². The van der Waals surface area contributed by atoms with Crippen molar-refractivity contribution in [2.24, 2.45) is 7.05 Å². The molecule has 6 nitrogen and oxygen atoms in total. The van der Waals surface area contributed by atoms with Gasteiger partial charge in [0.1, 0.15) is 17.7 Å². The standard InChI is InChI=1S/C16H21FN4O2/c1-21-10-9-18-15(21)14(12-4-6-13(17)7-5-12)20-16(22)19-8-3-11-23-2/h4-7,9-10,14H,3,8,11H2,1-2H3,(H2,19,20,22)/t14-/m1/s1. The first-order chi connectivity index (χ1) is 11.1. The van der Waals surface area contributed by atoms with E-state index in [0.717, 1.165) is 12.0 Å². The molecule has 1 atom stereocenters. The summed E-state index contributed by atoms with van der Waals surface area (Å²) >= 11 is 0. The van der Waals surface area contributed by atoms with Crippen molar-refractivity contribution in [2.75, 3.05) is 20.3 Å². The van der Waals surface area contributed by atoms with Crippen LogP contribution in [0.5, 0.6) is 0 Å². The summed E-state index contributed by atoms with van der Waals surface area (Å²) in [6.07, 6.45) is 4.18. The van der Waals surface area contributed by atoms with Crippen molar-refractivity contribution in [1.29, 1.82) is 0 Å². The Labute approximate surface area is 134 Å². The van der Waals surface area contributed by atoms with Crippen LogP contribution in [0.2, 0.25) is 0 Å². The lowest BCUT2D eigenvalue weighted by Crippen LogP contribution is -2.39. The third kappa shape index (κ3) is 4.79. The highest BCUT2D eigenvalue weighted by atomic mass is 19.1. The molecule has 2 rings (SSSR count). The number of nitrogens with zero attached hydrogens (tertiary/aromatic N) is 2. The average molecular weight is 320 g/mol. The maximum absolute atomic E-state index is 13.1. The number of hydrogen-bond donors (Lipinski definition) is 2. The van der Waals surface area contributed by atoms with Gasteiger partial charge in [-0.1, -0.05) is 12.1 Å². The number of halogens is 1. The lowest BCUT2D eigenvalue weighted by molar-refractivity contribution is 0.193. The summed E-state index contributed by atoms with van der Waals surface area (Å²) in [5.74, 6) is 0.347. The molecule has 0 spiro atoms. The molecule has 0 saturated heterocycles. The van der Waals surface area contributed by atoms with Crippen LogP contribution in [0.15, 0.2) is 36.7 Å². The lowest BCUT2D eigenvalue weighted by Gasteiger charge is -2.19. The molecule has 23 heavy (non-hydrogen) atoms. The van der Waals surface area contributed by atoms with Crippen molar-refractivity contribution < 1.29 is 13.9 Å². The van der Waals surface area contributed by atoms with Gasteiger partial charge in [0.15, 0.2) is 0 Å². The summed E-state index contributed by atoms with van der Waals surface area (Å²) < 4.78 is 19.9. The van der Waals surface area contributed by atoms with Crippen LogP contribution in [0.1, 0.15) is 23.9 Å². The second-order valence-electron chi connectivity index (χ2n) is 5.13. The zero-order chi connectivity index (χ0) is 16.7. The van der Waals surface area contributed by atoms with Gasteiger partial charge >= 0.3 is 6.03 Å². The monoisotopic (exact) mass is 320 g/mol. The predicted octanol–water partition coefficient (Wildman–Crippen LogP) is 1.98. The summed E-state index contributed by atoms with van der Waals surface area (Å²) in [4.78, 5) is 16.4. The van der Waals surface area contributed by atoms with E-state index in [-0.39, 0.29) is 11.8 Å². The number of ether oxygens (including phenoxy) is 1. The van der Waals surface area contributed by atoms with E-state index in [9.17, 15) is 9.18 Å². The Balaban J connectivity index is 2.10. The largest absolute Gasteiger partial charge is 0.385 e. The number of imidazole rings is 1. The third-order valence-electron chi connectivity index (χ3n) is 3.41. The van der Waals surface area contributed by atoms with Gasteiger partial charge in [-0.15, -0.1) is 0 Å². The van der Waals surface area contributed by atoms with Crippen molar-refractivity contribution in [3.63, 3.8) is 0 Å². The summed E-state index contributed by atoms with van der Waals surface area (Å²) in [7, 11) is 3.46. The van der Waals surface area contributed by atoms with E-state index in [1.54, 1.807) is 31.6 Å². The lowest BCUT2D eigenvalue weighted by atomic mass is 10.1. The minimum atomic E-state index is -0.460. The number of urea groups is 1. The van der Waals surface area contributed by atoms with Crippen LogP contribution in [-0.4, -0.2) is 35.8 Å². The van der Waals surface area contributed by atoms with E-state index in [2.05, 4.69) is 15.6 Å². The fraction of sp³-hybridized carbons (Fsp3) is 0.375. The molecule has 0 bridgehead atoms. The van der Waals surface area contributed by atoms with Gasteiger partial charge in [-0.25, -0.2) is 14.2 Å². The van der Waals surface area contributed by atoms with Crippen LogP contribution in [0.4, 0.5) is 9.18 Å². The van der Waals surface area contributed by atoms with Gasteiger partial charge in [0, 0.05) is 39.7 Å². The molecule has 0 radical (unpaired) electrons. The molecule has 0 aliphatic heterocycles.